The number of benzene rings is 1. The number of rotatable bonds is 5. The van der Waals surface area contributed by atoms with Crippen LogP contribution in [0.3, 0.4) is 0 Å². The Morgan fingerprint density at radius 1 is 1.53 bits per heavy atom. The smallest absolute Gasteiger partial charge is 0.324 e. The van der Waals surface area contributed by atoms with Gasteiger partial charge in [-0.25, -0.2) is 12.8 Å². The molecule has 0 aliphatic rings. The van der Waals surface area contributed by atoms with E-state index in [1.165, 1.54) is 13.2 Å². The Balaban J connectivity index is 3.21. The van der Waals surface area contributed by atoms with Crippen molar-refractivity contribution in [1.82, 2.24) is 0 Å². The molecule has 17 heavy (non-hydrogen) atoms. The maximum Gasteiger partial charge on any atom is 0.324 e. The van der Waals surface area contributed by atoms with Crippen LogP contribution >= 0.6 is 0 Å². The lowest BCUT2D eigenvalue weighted by Gasteiger charge is -2.12. The number of hydrogen-bond acceptors (Lipinski definition) is 4. The van der Waals surface area contributed by atoms with Gasteiger partial charge in [-0.3, -0.25) is 4.79 Å². The summed E-state index contributed by atoms with van der Waals surface area (Å²) in [5, 5.41) is 7.08. The zero-order valence-corrected chi connectivity index (χ0v) is 9.78. The molecule has 94 valence electrons. The number of carbonyl (C=O) groups is 1. The Hall–Kier alpha value is -1.47. The van der Waals surface area contributed by atoms with E-state index in [1.54, 1.807) is 0 Å². The van der Waals surface area contributed by atoms with E-state index in [-0.39, 0.29) is 4.90 Å². The highest BCUT2D eigenvalue weighted by Gasteiger charge is 2.34. The van der Waals surface area contributed by atoms with Crippen molar-refractivity contribution >= 4 is 15.8 Å². The molecule has 0 saturated carbocycles. The number of ether oxygens (including phenoxy) is 1. The lowest BCUT2D eigenvalue weighted by molar-refractivity contribution is -0.137. The molecular weight excluding hydrogens is 251 g/mol. The van der Waals surface area contributed by atoms with Crippen molar-refractivity contribution in [3.63, 3.8) is 0 Å². The predicted molar refractivity (Wildman–Crippen MR) is 56.9 cm³/mol. The van der Waals surface area contributed by atoms with E-state index < -0.39 is 33.5 Å². The van der Waals surface area contributed by atoms with Gasteiger partial charge in [0.15, 0.2) is 15.1 Å². The van der Waals surface area contributed by atoms with Gasteiger partial charge in [0.2, 0.25) is 0 Å². The summed E-state index contributed by atoms with van der Waals surface area (Å²) in [5.74, 6) is -2.27. The van der Waals surface area contributed by atoms with Crippen LogP contribution in [0.2, 0.25) is 0 Å². The van der Waals surface area contributed by atoms with Gasteiger partial charge in [0, 0.05) is 7.11 Å². The predicted octanol–water partition coefficient (Wildman–Crippen LogP) is 0.699. The van der Waals surface area contributed by atoms with Crippen LogP contribution in [0.4, 0.5) is 4.39 Å². The number of methoxy groups -OCH3 is 1. The molecule has 0 heterocycles. The molecular formula is C10H11FO5S. The van der Waals surface area contributed by atoms with Crippen molar-refractivity contribution in [2.75, 3.05) is 13.7 Å². The molecule has 5 nitrogen and oxygen atoms in total. The maximum atomic E-state index is 12.9. The molecule has 1 N–H and O–H groups in total. The fourth-order valence-corrected chi connectivity index (χ4v) is 2.71. The van der Waals surface area contributed by atoms with Gasteiger partial charge in [-0.15, -0.1) is 0 Å². The molecule has 0 aliphatic carbocycles. The SMILES string of the molecule is COCC(C(=O)O)S(=O)(=O)c1cccc(F)c1. The summed E-state index contributed by atoms with van der Waals surface area (Å²) >= 11 is 0. The van der Waals surface area contributed by atoms with Crippen molar-refractivity contribution < 1.29 is 27.4 Å². The quantitative estimate of drug-likeness (QED) is 0.844. The molecule has 0 radical (unpaired) electrons. The van der Waals surface area contributed by atoms with Gasteiger partial charge in [0.05, 0.1) is 11.5 Å². The van der Waals surface area contributed by atoms with Crippen LogP contribution in [0.1, 0.15) is 0 Å². The first kappa shape index (κ1) is 13.6. The molecule has 0 amide bonds. The molecule has 1 aromatic carbocycles. The molecule has 1 rings (SSSR count). The van der Waals surface area contributed by atoms with Crippen LogP contribution in [0.5, 0.6) is 0 Å². The second-order valence-corrected chi connectivity index (χ2v) is 5.42. The van der Waals surface area contributed by atoms with Crippen LogP contribution < -0.4 is 0 Å². The number of sulfone groups is 1. The Kier molecular flexibility index (Phi) is 4.19. The largest absolute Gasteiger partial charge is 0.480 e. The third-order valence-electron chi connectivity index (χ3n) is 2.09. The fourth-order valence-electron chi connectivity index (χ4n) is 1.25. The summed E-state index contributed by atoms with van der Waals surface area (Å²) in [7, 11) is -2.96. The molecule has 0 aliphatic heterocycles. The Bertz CT molecular complexity index is 511. The van der Waals surface area contributed by atoms with E-state index in [0.29, 0.717) is 0 Å². The van der Waals surface area contributed by atoms with Crippen LogP contribution in [0, 0.1) is 5.82 Å². The Morgan fingerprint density at radius 3 is 2.65 bits per heavy atom. The van der Waals surface area contributed by atoms with Crippen LogP contribution in [-0.4, -0.2) is 38.5 Å². The first-order valence-electron chi connectivity index (χ1n) is 4.61. The van der Waals surface area contributed by atoms with Crippen LogP contribution in [0.25, 0.3) is 0 Å². The summed E-state index contributed by atoms with van der Waals surface area (Å²) in [6.45, 7) is -0.492. The Labute approximate surface area is 97.8 Å². The lowest BCUT2D eigenvalue weighted by atomic mass is 10.3. The highest BCUT2D eigenvalue weighted by molar-refractivity contribution is 7.92. The average molecular weight is 262 g/mol. The molecule has 0 saturated heterocycles. The molecule has 1 aromatic rings. The van der Waals surface area contributed by atoms with Gasteiger partial charge in [-0.05, 0) is 18.2 Å². The minimum atomic E-state index is -4.15. The minimum Gasteiger partial charge on any atom is -0.480 e. The van der Waals surface area contributed by atoms with E-state index in [2.05, 4.69) is 4.74 Å². The standard InChI is InChI=1S/C10H11FO5S/c1-16-6-9(10(12)13)17(14,15)8-4-2-3-7(11)5-8/h2-5,9H,6H2,1H3,(H,12,13). The lowest BCUT2D eigenvalue weighted by Crippen LogP contribution is -2.34. The molecule has 0 fully saturated rings. The number of carboxylic acids is 1. The molecule has 0 spiro atoms. The van der Waals surface area contributed by atoms with Crippen LogP contribution in [0.15, 0.2) is 29.2 Å². The van der Waals surface area contributed by atoms with Crippen LogP contribution in [-0.2, 0) is 19.4 Å². The zero-order chi connectivity index (χ0) is 13.1. The van der Waals surface area contributed by atoms with E-state index in [9.17, 15) is 17.6 Å². The van der Waals surface area contributed by atoms with Gasteiger partial charge in [-0.1, -0.05) is 6.07 Å². The summed E-state index contributed by atoms with van der Waals surface area (Å²) in [6, 6.07) is 4.20. The minimum absolute atomic E-state index is 0.373. The first-order valence-corrected chi connectivity index (χ1v) is 6.15. The van der Waals surface area contributed by atoms with Gasteiger partial charge >= 0.3 is 5.97 Å². The molecule has 1 unspecified atom stereocenters. The van der Waals surface area contributed by atoms with E-state index in [4.69, 9.17) is 5.11 Å². The second kappa shape index (κ2) is 5.24. The molecule has 7 heteroatoms. The monoisotopic (exact) mass is 262 g/mol. The second-order valence-electron chi connectivity index (χ2n) is 3.28. The summed E-state index contributed by atoms with van der Waals surface area (Å²) in [4.78, 5) is 10.5. The highest BCUT2D eigenvalue weighted by atomic mass is 32.2. The molecule has 1 atom stereocenters. The topological polar surface area (TPSA) is 80.7 Å². The van der Waals surface area contributed by atoms with Gasteiger partial charge < -0.3 is 9.84 Å². The van der Waals surface area contributed by atoms with Crippen molar-refractivity contribution in [1.29, 1.82) is 0 Å². The van der Waals surface area contributed by atoms with Crippen molar-refractivity contribution in [2.45, 2.75) is 10.1 Å². The third-order valence-corrected chi connectivity index (χ3v) is 4.09. The van der Waals surface area contributed by atoms with E-state index in [1.807, 2.05) is 0 Å². The fraction of sp³-hybridized carbons (Fsp3) is 0.300. The van der Waals surface area contributed by atoms with Crippen molar-refractivity contribution in [3.8, 4) is 0 Å². The summed E-state index contributed by atoms with van der Waals surface area (Å²) in [6.07, 6.45) is 0. The van der Waals surface area contributed by atoms with E-state index in [0.717, 1.165) is 18.2 Å². The molecule has 0 aromatic heterocycles. The first-order chi connectivity index (χ1) is 7.89. The summed E-state index contributed by atoms with van der Waals surface area (Å²) in [5.41, 5.74) is 0. The number of halogens is 1. The third kappa shape index (κ3) is 3.01. The van der Waals surface area contributed by atoms with E-state index >= 15 is 0 Å². The zero-order valence-electron chi connectivity index (χ0n) is 8.96. The van der Waals surface area contributed by atoms with Gasteiger partial charge in [0.1, 0.15) is 5.82 Å². The number of aliphatic carboxylic acids is 1. The number of hydrogen-bond donors (Lipinski definition) is 1. The molecule has 0 bridgehead atoms. The summed E-state index contributed by atoms with van der Waals surface area (Å²) < 4.78 is 41.2. The highest BCUT2D eigenvalue weighted by Crippen LogP contribution is 2.17. The number of carboxylic acid groups (broad SMARTS) is 1. The van der Waals surface area contributed by atoms with Crippen molar-refractivity contribution in [3.05, 3.63) is 30.1 Å². The van der Waals surface area contributed by atoms with Crippen molar-refractivity contribution in [2.24, 2.45) is 0 Å². The van der Waals surface area contributed by atoms with Gasteiger partial charge in [-0.2, -0.15) is 0 Å². The maximum absolute atomic E-state index is 12.9. The normalized spacial score (nSPS) is 13.3. The Morgan fingerprint density at radius 2 is 2.18 bits per heavy atom. The average Bonchev–Trinajstić information content (AvgIpc) is 2.25. The van der Waals surface area contributed by atoms with Gasteiger partial charge in [0.25, 0.3) is 0 Å².